The molecule has 7 heteroatoms. The molecule has 0 radical (unpaired) electrons. The van der Waals surface area contributed by atoms with Crippen molar-refractivity contribution >= 4 is 30.1 Å². The second kappa shape index (κ2) is 11.0. The third-order valence-electron chi connectivity index (χ3n) is 5.00. The molecule has 27 heavy (non-hydrogen) atoms. The number of halogens is 1. The summed E-state index contributed by atoms with van der Waals surface area (Å²) in [4.78, 5) is 27.3. The second-order valence-electron chi connectivity index (χ2n) is 7.43. The Bertz CT molecular complexity index is 656. The average molecular weight is 396 g/mol. The summed E-state index contributed by atoms with van der Waals surface area (Å²) < 4.78 is 0. The molecule has 1 fully saturated rings. The minimum Gasteiger partial charge on any atom is -0.335 e. The number of benzene rings is 1. The first-order valence-corrected chi connectivity index (χ1v) is 9.24. The van der Waals surface area contributed by atoms with E-state index < -0.39 is 4.92 Å². The SMILES string of the molecule is CN(C)CCN(C(=O)/C=C/c1cccc([N+](=O)[O-])c1)[C@H]1CC[C@H](C)CC1.Cl. The first-order chi connectivity index (χ1) is 12.4. The van der Waals surface area contributed by atoms with Gasteiger partial charge in [-0.1, -0.05) is 19.1 Å². The van der Waals surface area contributed by atoms with Crippen molar-refractivity contribution in [3.63, 3.8) is 0 Å². The van der Waals surface area contributed by atoms with Gasteiger partial charge in [0, 0.05) is 37.3 Å². The number of carbonyl (C=O) groups is 1. The first kappa shape index (κ1) is 23.1. The van der Waals surface area contributed by atoms with Gasteiger partial charge in [0.25, 0.3) is 5.69 Å². The van der Waals surface area contributed by atoms with Crippen LogP contribution in [0.4, 0.5) is 5.69 Å². The van der Waals surface area contributed by atoms with Crippen molar-refractivity contribution in [3.05, 3.63) is 46.0 Å². The zero-order chi connectivity index (χ0) is 19.1. The second-order valence-corrected chi connectivity index (χ2v) is 7.43. The molecule has 1 saturated carbocycles. The van der Waals surface area contributed by atoms with E-state index in [1.54, 1.807) is 24.3 Å². The molecule has 0 spiro atoms. The van der Waals surface area contributed by atoms with E-state index in [-0.39, 0.29) is 30.0 Å². The standard InChI is InChI=1S/C20H29N3O3.ClH/c1-16-7-10-18(11-8-16)22(14-13-21(2)3)20(24)12-9-17-5-4-6-19(15-17)23(25)26;/h4-6,9,12,15-16,18H,7-8,10-11,13-14H2,1-3H3;1H/b12-9+;/t16-,18-;. The third kappa shape index (κ3) is 7.31. The van der Waals surface area contributed by atoms with E-state index >= 15 is 0 Å². The van der Waals surface area contributed by atoms with Crippen LogP contribution < -0.4 is 0 Å². The molecule has 0 aromatic heterocycles. The Morgan fingerprint density at radius 1 is 1.22 bits per heavy atom. The summed E-state index contributed by atoms with van der Waals surface area (Å²) in [6.07, 6.45) is 7.63. The summed E-state index contributed by atoms with van der Waals surface area (Å²) in [5.41, 5.74) is 0.697. The third-order valence-corrected chi connectivity index (χ3v) is 5.00. The average Bonchev–Trinajstić information content (AvgIpc) is 2.61. The van der Waals surface area contributed by atoms with Gasteiger partial charge >= 0.3 is 0 Å². The van der Waals surface area contributed by atoms with Crippen LogP contribution in [0.15, 0.2) is 30.3 Å². The summed E-state index contributed by atoms with van der Waals surface area (Å²) >= 11 is 0. The van der Waals surface area contributed by atoms with Crippen LogP contribution in [-0.4, -0.2) is 53.9 Å². The smallest absolute Gasteiger partial charge is 0.270 e. The highest BCUT2D eigenvalue weighted by molar-refractivity contribution is 5.92. The molecular weight excluding hydrogens is 366 g/mol. The number of nitrogens with zero attached hydrogens (tertiary/aromatic N) is 3. The van der Waals surface area contributed by atoms with E-state index in [0.717, 1.165) is 38.1 Å². The summed E-state index contributed by atoms with van der Waals surface area (Å²) in [6.45, 7) is 3.79. The molecule has 0 aliphatic heterocycles. The first-order valence-electron chi connectivity index (χ1n) is 9.24. The molecule has 1 aromatic carbocycles. The van der Waals surface area contributed by atoms with Crippen LogP contribution in [0.5, 0.6) is 0 Å². The number of nitro groups is 1. The Kier molecular flexibility index (Phi) is 9.46. The maximum absolute atomic E-state index is 12.8. The number of hydrogen-bond acceptors (Lipinski definition) is 4. The van der Waals surface area contributed by atoms with E-state index in [4.69, 9.17) is 0 Å². The van der Waals surface area contributed by atoms with Crippen molar-refractivity contribution in [1.82, 2.24) is 9.80 Å². The summed E-state index contributed by atoms with van der Waals surface area (Å²) in [5, 5.41) is 10.9. The Hall–Kier alpha value is -1.92. The Morgan fingerprint density at radius 3 is 2.48 bits per heavy atom. The highest BCUT2D eigenvalue weighted by atomic mass is 35.5. The van der Waals surface area contributed by atoms with Gasteiger partial charge < -0.3 is 9.80 Å². The Balaban J connectivity index is 0.00000364. The van der Waals surface area contributed by atoms with Gasteiger partial charge in [-0.15, -0.1) is 12.4 Å². The van der Waals surface area contributed by atoms with Gasteiger partial charge in [0.2, 0.25) is 5.91 Å². The number of rotatable bonds is 7. The molecule has 0 unspecified atom stereocenters. The number of nitro benzene ring substituents is 1. The molecule has 0 atom stereocenters. The molecule has 1 aliphatic carbocycles. The highest BCUT2D eigenvalue weighted by Crippen LogP contribution is 2.27. The van der Waals surface area contributed by atoms with Gasteiger partial charge in [0.1, 0.15) is 0 Å². The van der Waals surface area contributed by atoms with Crippen molar-refractivity contribution in [2.45, 2.75) is 38.6 Å². The fourth-order valence-corrected chi connectivity index (χ4v) is 3.34. The van der Waals surface area contributed by atoms with Crippen LogP contribution in [0.25, 0.3) is 6.08 Å². The summed E-state index contributed by atoms with van der Waals surface area (Å²) in [5.74, 6) is 0.718. The topological polar surface area (TPSA) is 66.7 Å². The van der Waals surface area contributed by atoms with Crippen molar-refractivity contribution in [2.24, 2.45) is 5.92 Å². The maximum Gasteiger partial charge on any atom is 0.270 e. The molecule has 150 valence electrons. The van der Waals surface area contributed by atoms with Crippen LogP contribution >= 0.6 is 12.4 Å². The van der Waals surface area contributed by atoms with Gasteiger partial charge in [-0.3, -0.25) is 14.9 Å². The zero-order valence-corrected chi connectivity index (χ0v) is 17.2. The zero-order valence-electron chi connectivity index (χ0n) is 16.3. The van der Waals surface area contributed by atoms with E-state index in [1.807, 2.05) is 19.0 Å². The maximum atomic E-state index is 12.8. The van der Waals surface area contributed by atoms with E-state index in [1.165, 1.54) is 12.1 Å². The normalized spacial score (nSPS) is 19.7. The number of hydrogen-bond donors (Lipinski definition) is 0. The van der Waals surface area contributed by atoms with Gasteiger partial charge in [-0.2, -0.15) is 0 Å². The van der Waals surface area contributed by atoms with Crippen LogP contribution in [0.2, 0.25) is 0 Å². The number of non-ortho nitro benzene ring substituents is 1. The van der Waals surface area contributed by atoms with Crippen molar-refractivity contribution in [3.8, 4) is 0 Å². The summed E-state index contributed by atoms with van der Waals surface area (Å²) in [6, 6.07) is 6.62. The predicted molar refractivity (Wildman–Crippen MR) is 111 cm³/mol. The number of carbonyl (C=O) groups excluding carboxylic acids is 1. The molecule has 1 amide bonds. The minimum absolute atomic E-state index is 0. The van der Waals surface area contributed by atoms with E-state index in [9.17, 15) is 14.9 Å². The monoisotopic (exact) mass is 395 g/mol. The molecule has 0 N–H and O–H groups in total. The largest absolute Gasteiger partial charge is 0.335 e. The molecule has 1 aliphatic rings. The fraction of sp³-hybridized carbons (Fsp3) is 0.550. The molecule has 0 saturated heterocycles. The van der Waals surface area contributed by atoms with Gasteiger partial charge in [0.15, 0.2) is 0 Å². The Morgan fingerprint density at radius 2 is 1.89 bits per heavy atom. The van der Waals surface area contributed by atoms with Crippen LogP contribution in [-0.2, 0) is 4.79 Å². The molecule has 6 nitrogen and oxygen atoms in total. The lowest BCUT2D eigenvalue weighted by Crippen LogP contribution is -2.44. The highest BCUT2D eigenvalue weighted by Gasteiger charge is 2.26. The molecular formula is C20H30ClN3O3. The van der Waals surface area contributed by atoms with Crippen LogP contribution in [0.3, 0.4) is 0 Å². The van der Waals surface area contributed by atoms with Crippen LogP contribution in [0.1, 0.15) is 38.2 Å². The molecule has 2 rings (SSSR count). The van der Waals surface area contributed by atoms with Crippen molar-refractivity contribution in [1.29, 1.82) is 0 Å². The van der Waals surface area contributed by atoms with Crippen LogP contribution in [0, 0.1) is 16.0 Å². The molecule has 1 aromatic rings. The van der Waals surface area contributed by atoms with Gasteiger partial charge in [-0.25, -0.2) is 0 Å². The number of likely N-dealkylation sites (N-methyl/N-ethyl adjacent to an activating group) is 1. The lowest BCUT2D eigenvalue weighted by molar-refractivity contribution is -0.384. The molecule has 0 bridgehead atoms. The molecule has 0 heterocycles. The van der Waals surface area contributed by atoms with Crippen molar-refractivity contribution in [2.75, 3.05) is 27.2 Å². The van der Waals surface area contributed by atoms with Gasteiger partial charge in [-0.05, 0) is 57.3 Å². The van der Waals surface area contributed by atoms with E-state index in [0.29, 0.717) is 12.1 Å². The number of amides is 1. The quantitative estimate of drug-likeness (QED) is 0.397. The summed E-state index contributed by atoms with van der Waals surface area (Å²) in [7, 11) is 4.01. The van der Waals surface area contributed by atoms with E-state index in [2.05, 4.69) is 11.8 Å². The fourth-order valence-electron chi connectivity index (χ4n) is 3.34. The lowest BCUT2D eigenvalue weighted by Gasteiger charge is -2.36. The van der Waals surface area contributed by atoms with Crippen molar-refractivity contribution < 1.29 is 9.72 Å². The predicted octanol–water partition coefficient (Wildman–Crippen LogP) is 4.00. The lowest BCUT2D eigenvalue weighted by atomic mass is 9.86. The Labute approximate surface area is 167 Å². The minimum atomic E-state index is -0.425. The van der Waals surface area contributed by atoms with Gasteiger partial charge in [0.05, 0.1) is 4.92 Å².